The number of anilines is 1. The number of thioether (sulfide) groups is 1. The number of rotatable bonds is 5. The van der Waals surface area contributed by atoms with Gasteiger partial charge in [0.15, 0.2) is 0 Å². The van der Waals surface area contributed by atoms with Crippen LogP contribution in [0.1, 0.15) is 25.0 Å². The maximum atomic E-state index is 13.6. The van der Waals surface area contributed by atoms with Gasteiger partial charge in [-0.25, -0.2) is 4.98 Å². The third kappa shape index (κ3) is 4.76. The zero-order valence-electron chi connectivity index (χ0n) is 19.8. The van der Waals surface area contributed by atoms with Gasteiger partial charge in [-0.05, 0) is 37.6 Å². The number of pyridine rings is 1. The molecule has 1 aromatic carbocycles. The van der Waals surface area contributed by atoms with E-state index in [1.165, 1.54) is 21.7 Å². The Hall–Kier alpha value is -3.01. The smallest absolute Gasteiger partial charge is 0.267 e. The Bertz CT molecular complexity index is 1360. The molecule has 2 aliphatic heterocycles. The fourth-order valence-corrected chi connectivity index (χ4v) is 5.98. The van der Waals surface area contributed by atoms with Gasteiger partial charge in [0.1, 0.15) is 15.8 Å². The molecule has 35 heavy (non-hydrogen) atoms. The first-order valence-corrected chi connectivity index (χ1v) is 12.9. The first kappa shape index (κ1) is 23.7. The number of aromatic nitrogens is 2. The molecular formula is C26H27N5O2S2. The minimum Gasteiger partial charge on any atom is -0.353 e. The van der Waals surface area contributed by atoms with Gasteiger partial charge in [-0.15, -0.1) is 0 Å². The Kier molecular flexibility index (Phi) is 6.73. The zero-order chi connectivity index (χ0) is 24.5. The summed E-state index contributed by atoms with van der Waals surface area (Å²) in [6.07, 6.45) is 3.39. The molecule has 9 heteroatoms. The van der Waals surface area contributed by atoms with E-state index in [4.69, 9.17) is 17.2 Å². The molecule has 0 N–H and O–H groups in total. The Morgan fingerprint density at radius 2 is 1.74 bits per heavy atom. The number of nitrogens with zero attached hydrogens (tertiary/aromatic N) is 5. The molecule has 2 aliphatic rings. The van der Waals surface area contributed by atoms with Gasteiger partial charge in [0, 0.05) is 45.0 Å². The van der Waals surface area contributed by atoms with E-state index in [9.17, 15) is 9.59 Å². The van der Waals surface area contributed by atoms with E-state index in [0.29, 0.717) is 26.3 Å². The minimum atomic E-state index is -0.188. The normalized spacial score (nSPS) is 18.4. The van der Waals surface area contributed by atoms with E-state index in [2.05, 4.69) is 34.1 Å². The Balaban J connectivity index is 1.48. The van der Waals surface area contributed by atoms with Crippen LogP contribution in [0, 0.1) is 0 Å². The van der Waals surface area contributed by atoms with Crippen LogP contribution in [0.5, 0.6) is 0 Å². The molecule has 0 bridgehead atoms. The second kappa shape index (κ2) is 9.93. The van der Waals surface area contributed by atoms with Crippen LogP contribution in [0.3, 0.4) is 0 Å². The summed E-state index contributed by atoms with van der Waals surface area (Å²) in [7, 11) is 0. The molecular weight excluding hydrogens is 478 g/mol. The predicted octanol–water partition coefficient (Wildman–Crippen LogP) is 3.63. The van der Waals surface area contributed by atoms with Gasteiger partial charge in [0.2, 0.25) is 0 Å². The summed E-state index contributed by atoms with van der Waals surface area (Å²) in [6, 6.07) is 15.9. The van der Waals surface area contributed by atoms with Gasteiger partial charge in [0.25, 0.3) is 11.5 Å². The first-order valence-electron chi connectivity index (χ1n) is 11.7. The van der Waals surface area contributed by atoms with Crippen LogP contribution >= 0.6 is 24.0 Å². The Morgan fingerprint density at radius 3 is 2.43 bits per heavy atom. The van der Waals surface area contributed by atoms with Gasteiger partial charge in [0.05, 0.1) is 10.5 Å². The number of carbonyl (C=O) groups excluding carboxylic acids is 1. The summed E-state index contributed by atoms with van der Waals surface area (Å²) in [4.78, 5) is 38.1. The number of benzene rings is 1. The molecule has 0 saturated carbocycles. The van der Waals surface area contributed by atoms with Crippen LogP contribution in [0.15, 0.2) is 64.4 Å². The molecule has 0 radical (unpaired) electrons. The maximum absolute atomic E-state index is 13.6. The molecule has 5 rings (SSSR count). The molecule has 2 saturated heterocycles. The molecule has 0 aliphatic carbocycles. The van der Waals surface area contributed by atoms with E-state index < -0.39 is 0 Å². The van der Waals surface area contributed by atoms with Crippen molar-refractivity contribution in [2.45, 2.75) is 26.4 Å². The predicted molar refractivity (Wildman–Crippen MR) is 146 cm³/mol. The number of piperazine rings is 1. The molecule has 1 amide bonds. The maximum Gasteiger partial charge on any atom is 0.267 e. The standard InChI is InChI=1S/C26H27N5O2S2/c1-18(2)31-25(33)21(35-26(31)34)16-20-23(27-22-10-6-7-11-30(22)24(20)32)29-14-12-28(13-15-29)17-19-8-4-3-5-9-19/h3-11,16,18H,12-15,17H2,1-2H3/b21-16-. The Morgan fingerprint density at radius 1 is 1.03 bits per heavy atom. The van der Waals surface area contributed by atoms with Gasteiger partial charge in [-0.1, -0.05) is 60.4 Å². The summed E-state index contributed by atoms with van der Waals surface area (Å²) in [6.45, 7) is 7.97. The first-order chi connectivity index (χ1) is 16.9. The monoisotopic (exact) mass is 505 g/mol. The third-order valence-electron chi connectivity index (χ3n) is 6.29. The summed E-state index contributed by atoms with van der Waals surface area (Å²) in [5.74, 6) is 0.460. The van der Waals surface area contributed by atoms with Crippen LogP contribution < -0.4 is 10.5 Å². The highest BCUT2D eigenvalue weighted by Crippen LogP contribution is 2.34. The molecule has 3 aromatic rings. The Labute approximate surface area is 214 Å². The number of hydrogen-bond donors (Lipinski definition) is 0. The summed E-state index contributed by atoms with van der Waals surface area (Å²) in [5, 5.41) is 0. The van der Waals surface area contributed by atoms with Crippen LogP contribution in [0.2, 0.25) is 0 Å². The summed E-state index contributed by atoms with van der Waals surface area (Å²) >= 11 is 6.68. The number of carbonyl (C=O) groups is 1. The van der Waals surface area contributed by atoms with Crippen molar-refractivity contribution >= 4 is 51.7 Å². The van der Waals surface area contributed by atoms with Crippen molar-refractivity contribution in [3.63, 3.8) is 0 Å². The number of hydrogen-bond acceptors (Lipinski definition) is 7. The van der Waals surface area contributed by atoms with Crippen LogP contribution in [0.4, 0.5) is 5.82 Å². The fraction of sp³-hybridized carbons (Fsp3) is 0.308. The third-order valence-corrected chi connectivity index (χ3v) is 7.62. The summed E-state index contributed by atoms with van der Waals surface area (Å²) < 4.78 is 2.05. The zero-order valence-corrected chi connectivity index (χ0v) is 21.4. The molecule has 0 atom stereocenters. The number of amides is 1. The highest BCUT2D eigenvalue weighted by Gasteiger charge is 2.34. The van der Waals surface area contributed by atoms with Crippen LogP contribution in [-0.2, 0) is 11.3 Å². The molecule has 0 spiro atoms. The second-order valence-electron chi connectivity index (χ2n) is 8.98. The lowest BCUT2D eigenvalue weighted by molar-refractivity contribution is -0.123. The quantitative estimate of drug-likeness (QED) is 0.388. The van der Waals surface area contributed by atoms with Gasteiger partial charge < -0.3 is 4.90 Å². The molecule has 4 heterocycles. The lowest BCUT2D eigenvalue weighted by atomic mass is 10.2. The van der Waals surface area contributed by atoms with Crippen molar-refractivity contribution in [3.05, 3.63) is 81.1 Å². The highest BCUT2D eigenvalue weighted by molar-refractivity contribution is 8.26. The fourth-order valence-electron chi connectivity index (χ4n) is 4.47. The van der Waals surface area contributed by atoms with Crippen molar-refractivity contribution in [1.29, 1.82) is 0 Å². The van der Waals surface area contributed by atoms with Crippen molar-refractivity contribution in [2.75, 3.05) is 31.1 Å². The van der Waals surface area contributed by atoms with E-state index in [1.807, 2.05) is 32.0 Å². The van der Waals surface area contributed by atoms with E-state index >= 15 is 0 Å². The van der Waals surface area contributed by atoms with E-state index in [-0.39, 0.29) is 17.5 Å². The van der Waals surface area contributed by atoms with Gasteiger partial charge in [-0.2, -0.15) is 0 Å². The minimum absolute atomic E-state index is 0.0404. The summed E-state index contributed by atoms with van der Waals surface area (Å²) in [5.41, 5.74) is 2.11. The van der Waals surface area contributed by atoms with E-state index in [1.54, 1.807) is 23.2 Å². The molecule has 180 valence electrons. The topological polar surface area (TPSA) is 61.2 Å². The molecule has 2 fully saturated rings. The van der Waals surface area contributed by atoms with Crippen molar-refractivity contribution in [2.24, 2.45) is 0 Å². The van der Waals surface area contributed by atoms with Crippen LogP contribution in [-0.4, -0.2) is 61.6 Å². The lowest BCUT2D eigenvalue weighted by Crippen LogP contribution is -2.47. The van der Waals surface area contributed by atoms with Gasteiger partial charge in [-0.3, -0.25) is 23.8 Å². The average molecular weight is 506 g/mol. The largest absolute Gasteiger partial charge is 0.353 e. The van der Waals surface area contributed by atoms with Crippen molar-refractivity contribution in [3.8, 4) is 0 Å². The van der Waals surface area contributed by atoms with E-state index in [0.717, 1.165) is 32.7 Å². The lowest BCUT2D eigenvalue weighted by Gasteiger charge is -2.36. The second-order valence-corrected chi connectivity index (χ2v) is 10.7. The van der Waals surface area contributed by atoms with Crippen LogP contribution in [0.25, 0.3) is 11.7 Å². The highest BCUT2D eigenvalue weighted by atomic mass is 32.2. The van der Waals surface area contributed by atoms with Crippen molar-refractivity contribution < 1.29 is 4.79 Å². The van der Waals surface area contributed by atoms with Crippen molar-refractivity contribution in [1.82, 2.24) is 19.2 Å². The number of fused-ring (bicyclic) bond motifs is 1. The molecule has 7 nitrogen and oxygen atoms in total. The SMILES string of the molecule is CC(C)N1C(=O)/C(=C/c2c(N3CCN(Cc4ccccc4)CC3)nc3ccccn3c2=O)SC1=S. The molecule has 0 unspecified atom stereocenters. The molecule has 2 aromatic heterocycles. The average Bonchev–Trinajstić information content (AvgIpc) is 3.14. The van der Waals surface area contributed by atoms with Gasteiger partial charge >= 0.3 is 0 Å². The number of thiocarbonyl (C=S) groups is 1.